The monoisotopic (exact) mass is 377 g/mol. The van der Waals surface area contributed by atoms with E-state index < -0.39 is 5.82 Å². The molecule has 0 spiro atoms. The van der Waals surface area contributed by atoms with Gasteiger partial charge in [-0.25, -0.2) is 4.39 Å². The minimum absolute atomic E-state index is 0.0837. The summed E-state index contributed by atoms with van der Waals surface area (Å²) in [6, 6.07) is 4.56. The molecule has 3 nitrogen and oxygen atoms in total. The molecule has 7 heteroatoms. The van der Waals surface area contributed by atoms with Gasteiger partial charge in [0.05, 0.1) is 15.2 Å². The van der Waals surface area contributed by atoms with E-state index in [1.165, 1.54) is 12.3 Å². The number of hydrogen-bond acceptors (Lipinski definition) is 3. The standard InChI is InChI=1S/C10H3Br2ClFN3/c11-6-1-7(14)9(13)8(12)10(6)17-4-5(2-15)3-16/h1,4,17H. The van der Waals surface area contributed by atoms with Crippen LogP contribution < -0.4 is 5.32 Å². The van der Waals surface area contributed by atoms with Crippen LogP contribution in [0.5, 0.6) is 0 Å². The summed E-state index contributed by atoms with van der Waals surface area (Å²) in [6.45, 7) is 0. The van der Waals surface area contributed by atoms with Crippen molar-refractivity contribution in [2.24, 2.45) is 0 Å². The average Bonchev–Trinajstić information content (AvgIpc) is 2.31. The van der Waals surface area contributed by atoms with Gasteiger partial charge in [-0.05, 0) is 37.9 Å². The predicted octanol–water partition coefficient (Wildman–Crippen LogP) is 4.35. The van der Waals surface area contributed by atoms with E-state index in [2.05, 4.69) is 37.2 Å². The summed E-state index contributed by atoms with van der Waals surface area (Å²) in [4.78, 5) is 0. The second kappa shape index (κ2) is 6.02. The van der Waals surface area contributed by atoms with Gasteiger partial charge in [0.1, 0.15) is 23.5 Å². The van der Waals surface area contributed by atoms with Gasteiger partial charge in [-0.1, -0.05) is 11.6 Å². The maximum atomic E-state index is 13.2. The Morgan fingerprint density at radius 1 is 1.41 bits per heavy atom. The van der Waals surface area contributed by atoms with E-state index in [0.717, 1.165) is 0 Å². The zero-order valence-corrected chi connectivity index (χ0v) is 12.0. The van der Waals surface area contributed by atoms with E-state index in [-0.39, 0.29) is 10.6 Å². The first-order valence-electron chi connectivity index (χ1n) is 4.11. The quantitative estimate of drug-likeness (QED) is 0.472. The Morgan fingerprint density at radius 2 is 2.00 bits per heavy atom. The summed E-state index contributed by atoms with van der Waals surface area (Å²) < 4.78 is 13.9. The third kappa shape index (κ3) is 3.19. The van der Waals surface area contributed by atoms with Crippen LogP contribution in [0.2, 0.25) is 5.02 Å². The molecular weight excluding hydrogens is 376 g/mol. The molecule has 0 aliphatic heterocycles. The third-order valence-electron chi connectivity index (χ3n) is 1.72. The molecule has 1 N–H and O–H groups in total. The van der Waals surface area contributed by atoms with Crippen molar-refractivity contribution in [3.63, 3.8) is 0 Å². The maximum Gasteiger partial charge on any atom is 0.145 e. The molecule has 0 aliphatic rings. The molecule has 1 rings (SSSR count). The van der Waals surface area contributed by atoms with E-state index >= 15 is 0 Å². The van der Waals surface area contributed by atoms with Crippen molar-refractivity contribution in [3.8, 4) is 12.1 Å². The SMILES string of the molecule is N#CC(C#N)=CNc1c(Br)cc(F)c(Cl)c1Br. The lowest BCUT2D eigenvalue weighted by molar-refractivity contribution is 0.627. The lowest BCUT2D eigenvalue weighted by Crippen LogP contribution is -1.94. The molecule has 0 atom stereocenters. The fraction of sp³-hybridized carbons (Fsp3) is 0. The van der Waals surface area contributed by atoms with E-state index in [0.29, 0.717) is 14.6 Å². The van der Waals surface area contributed by atoms with Crippen LogP contribution in [0.25, 0.3) is 0 Å². The van der Waals surface area contributed by atoms with Crippen LogP contribution in [0.3, 0.4) is 0 Å². The molecular formula is C10H3Br2ClFN3. The first kappa shape index (κ1) is 14.0. The van der Waals surface area contributed by atoms with Gasteiger partial charge in [0.25, 0.3) is 0 Å². The first-order valence-corrected chi connectivity index (χ1v) is 6.07. The lowest BCUT2D eigenvalue weighted by Gasteiger charge is -2.09. The minimum atomic E-state index is -0.583. The van der Waals surface area contributed by atoms with Crippen LogP contribution in [0.1, 0.15) is 0 Å². The molecule has 0 bridgehead atoms. The molecule has 0 saturated heterocycles. The fourth-order valence-corrected chi connectivity index (χ4v) is 2.38. The van der Waals surface area contributed by atoms with Gasteiger partial charge in [0.2, 0.25) is 0 Å². The number of nitrogens with zero attached hydrogens (tertiary/aromatic N) is 2. The number of hydrogen-bond donors (Lipinski definition) is 1. The van der Waals surface area contributed by atoms with Gasteiger partial charge >= 0.3 is 0 Å². The van der Waals surface area contributed by atoms with E-state index in [1.807, 2.05) is 0 Å². The fourth-order valence-electron chi connectivity index (χ4n) is 0.932. The highest BCUT2D eigenvalue weighted by molar-refractivity contribution is 9.11. The normalized spacial score (nSPS) is 9.06. The number of nitriles is 2. The lowest BCUT2D eigenvalue weighted by atomic mass is 10.3. The van der Waals surface area contributed by atoms with Crippen molar-refractivity contribution < 1.29 is 4.39 Å². The number of benzene rings is 1. The Morgan fingerprint density at radius 3 is 2.53 bits per heavy atom. The summed E-state index contributed by atoms with van der Waals surface area (Å²) in [6.07, 6.45) is 1.21. The van der Waals surface area contributed by atoms with E-state index in [4.69, 9.17) is 22.1 Å². The van der Waals surface area contributed by atoms with Crippen molar-refractivity contribution >= 4 is 49.1 Å². The molecule has 0 aromatic heterocycles. The molecule has 17 heavy (non-hydrogen) atoms. The molecule has 0 aliphatic carbocycles. The molecule has 0 saturated carbocycles. The maximum absolute atomic E-state index is 13.2. The predicted molar refractivity (Wildman–Crippen MR) is 69.7 cm³/mol. The molecule has 0 unspecified atom stereocenters. The van der Waals surface area contributed by atoms with Crippen molar-refractivity contribution in [2.75, 3.05) is 5.32 Å². The van der Waals surface area contributed by atoms with Crippen LogP contribution >= 0.6 is 43.5 Å². The van der Waals surface area contributed by atoms with Crippen LogP contribution in [-0.2, 0) is 0 Å². The van der Waals surface area contributed by atoms with Crippen LogP contribution in [0.15, 0.2) is 26.8 Å². The number of halogens is 4. The third-order valence-corrected chi connectivity index (χ3v) is 3.73. The second-order valence-corrected chi connectivity index (χ2v) is 4.79. The number of rotatable bonds is 2. The van der Waals surface area contributed by atoms with Gasteiger partial charge in [0, 0.05) is 10.7 Å². The second-order valence-electron chi connectivity index (χ2n) is 2.77. The van der Waals surface area contributed by atoms with Gasteiger partial charge in [0.15, 0.2) is 0 Å². The Kier molecular flexibility index (Phi) is 4.95. The van der Waals surface area contributed by atoms with Crippen molar-refractivity contribution in [3.05, 3.63) is 37.6 Å². The molecule has 1 aromatic rings. The van der Waals surface area contributed by atoms with Gasteiger partial charge in [-0.3, -0.25) is 0 Å². The largest absolute Gasteiger partial charge is 0.358 e. The van der Waals surface area contributed by atoms with Gasteiger partial charge in [-0.2, -0.15) is 10.5 Å². The zero-order chi connectivity index (χ0) is 13.0. The Balaban J connectivity index is 3.18. The van der Waals surface area contributed by atoms with Crippen molar-refractivity contribution in [2.45, 2.75) is 0 Å². The summed E-state index contributed by atoms with van der Waals surface area (Å²) >= 11 is 12.0. The smallest absolute Gasteiger partial charge is 0.145 e. The molecule has 1 aromatic carbocycles. The highest BCUT2D eigenvalue weighted by Gasteiger charge is 2.13. The topological polar surface area (TPSA) is 59.6 Å². The summed E-state index contributed by atoms with van der Waals surface area (Å²) in [5.74, 6) is -0.583. The van der Waals surface area contributed by atoms with Gasteiger partial charge < -0.3 is 5.32 Å². The Hall–Kier alpha value is -1.08. The molecule has 86 valence electrons. The highest BCUT2D eigenvalue weighted by atomic mass is 79.9. The number of anilines is 1. The Labute approximate surface area is 119 Å². The number of allylic oxidation sites excluding steroid dienone is 1. The van der Waals surface area contributed by atoms with E-state index in [1.54, 1.807) is 12.1 Å². The molecule has 0 amide bonds. The molecule has 0 radical (unpaired) electrons. The zero-order valence-electron chi connectivity index (χ0n) is 8.06. The average molecular weight is 379 g/mol. The van der Waals surface area contributed by atoms with Crippen molar-refractivity contribution in [1.82, 2.24) is 0 Å². The van der Waals surface area contributed by atoms with Crippen molar-refractivity contribution in [1.29, 1.82) is 10.5 Å². The van der Waals surface area contributed by atoms with Crippen LogP contribution in [0, 0.1) is 28.5 Å². The van der Waals surface area contributed by atoms with Gasteiger partial charge in [-0.15, -0.1) is 0 Å². The van der Waals surface area contributed by atoms with E-state index in [9.17, 15) is 4.39 Å². The van der Waals surface area contributed by atoms with Crippen LogP contribution in [-0.4, -0.2) is 0 Å². The molecule has 0 heterocycles. The Bertz CT molecular complexity index is 556. The number of nitrogens with one attached hydrogen (secondary N) is 1. The summed E-state index contributed by atoms with van der Waals surface area (Å²) in [5.41, 5.74) is 0.323. The summed E-state index contributed by atoms with van der Waals surface area (Å²) in [7, 11) is 0. The van der Waals surface area contributed by atoms with Crippen LogP contribution in [0.4, 0.5) is 10.1 Å². The minimum Gasteiger partial charge on any atom is -0.358 e. The summed E-state index contributed by atoms with van der Waals surface area (Å²) in [5, 5.41) is 19.7. The highest BCUT2D eigenvalue weighted by Crippen LogP contribution is 2.38. The molecule has 0 fully saturated rings. The first-order chi connectivity index (χ1) is 8.01.